The summed E-state index contributed by atoms with van der Waals surface area (Å²) in [6.45, 7) is 2.14. The smallest absolute Gasteiger partial charge is 0.254 e. The number of hydrogen-bond donors (Lipinski definition) is 4. The summed E-state index contributed by atoms with van der Waals surface area (Å²) >= 11 is 0. The number of pyridine rings is 1. The molecule has 1 amide bonds. The van der Waals surface area contributed by atoms with Crippen LogP contribution in [0.4, 0.5) is 23.0 Å². The van der Waals surface area contributed by atoms with E-state index >= 15 is 0 Å². The minimum absolute atomic E-state index is 0.0651. The van der Waals surface area contributed by atoms with Gasteiger partial charge in [0.1, 0.15) is 11.6 Å². The van der Waals surface area contributed by atoms with Crippen LogP contribution in [0.25, 0.3) is 0 Å². The molecule has 1 saturated heterocycles. The summed E-state index contributed by atoms with van der Waals surface area (Å²) in [4.78, 5) is 24.1. The molecule has 1 unspecified atom stereocenters. The summed E-state index contributed by atoms with van der Waals surface area (Å²) in [6.07, 6.45) is 6.93. The van der Waals surface area contributed by atoms with Gasteiger partial charge in [0.2, 0.25) is 0 Å². The molecule has 9 nitrogen and oxygen atoms in total. The Bertz CT molecular complexity index is 1270. The molecule has 1 aromatic carbocycles. The number of piperidine rings is 1. The second-order valence-electron chi connectivity index (χ2n) is 9.05. The Morgan fingerprint density at radius 2 is 1.97 bits per heavy atom. The van der Waals surface area contributed by atoms with Crippen molar-refractivity contribution in [3.63, 3.8) is 0 Å². The molecule has 0 bridgehead atoms. The fourth-order valence-electron chi connectivity index (χ4n) is 5.11. The lowest BCUT2D eigenvalue weighted by atomic mass is 9.92. The number of nitrogens with one attached hydrogen (secondary N) is 3. The highest BCUT2D eigenvalue weighted by Gasteiger charge is 2.31. The number of hydrogen-bond acceptors (Lipinski definition) is 7. The molecular formula is C25H27N7O2. The summed E-state index contributed by atoms with van der Waals surface area (Å²) in [5.74, 6) is 1.52. The fourth-order valence-corrected chi connectivity index (χ4v) is 5.11. The molecule has 2 aromatic heterocycles. The number of aliphatic hydroxyl groups excluding tert-OH is 1. The van der Waals surface area contributed by atoms with Crippen molar-refractivity contribution in [1.29, 1.82) is 0 Å². The minimum atomic E-state index is -0.203. The second-order valence-corrected chi connectivity index (χ2v) is 9.05. The molecule has 1 fully saturated rings. The van der Waals surface area contributed by atoms with Crippen LogP contribution in [0.15, 0.2) is 47.7 Å². The van der Waals surface area contributed by atoms with Gasteiger partial charge in [0.05, 0.1) is 41.6 Å². The Morgan fingerprint density at radius 3 is 2.76 bits per heavy atom. The third kappa shape index (κ3) is 3.49. The Labute approximate surface area is 197 Å². The number of anilines is 3. The van der Waals surface area contributed by atoms with Crippen molar-refractivity contribution in [2.45, 2.75) is 31.5 Å². The first kappa shape index (κ1) is 20.7. The van der Waals surface area contributed by atoms with Gasteiger partial charge >= 0.3 is 0 Å². The molecule has 34 heavy (non-hydrogen) atoms. The molecule has 0 saturated carbocycles. The highest BCUT2D eigenvalue weighted by atomic mass is 16.3. The van der Waals surface area contributed by atoms with Gasteiger partial charge in [0.15, 0.2) is 0 Å². The molecule has 3 aliphatic heterocycles. The van der Waals surface area contributed by atoms with E-state index in [1.54, 1.807) is 6.34 Å². The van der Waals surface area contributed by atoms with E-state index < -0.39 is 0 Å². The van der Waals surface area contributed by atoms with E-state index in [1.807, 2.05) is 42.2 Å². The van der Waals surface area contributed by atoms with Crippen molar-refractivity contribution in [2.75, 3.05) is 23.3 Å². The van der Waals surface area contributed by atoms with Crippen LogP contribution in [-0.2, 0) is 13.6 Å². The first-order chi connectivity index (χ1) is 16.6. The predicted octanol–water partition coefficient (Wildman–Crippen LogP) is 2.72. The molecule has 4 N–H and O–H groups in total. The number of carbonyl (C=O) groups is 1. The van der Waals surface area contributed by atoms with E-state index in [2.05, 4.69) is 43.0 Å². The summed E-state index contributed by atoms with van der Waals surface area (Å²) in [5, 5.41) is 19.4. The SMILES string of the molecule is Cn1ccc2c1N=CNC2c1ccc(Nc2ccc(N3CCC(O)CC3)cn2)c2c1CNC2=O. The first-order valence-electron chi connectivity index (χ1n) is 11.6. The van der Waals surface area contributed by atoms with Gasteiger partial charge in [-0.15, -0.1) is 0 Å². The normalized spacial score (nSPS) is 19.4. The van der Waals surface area contributed by atoms with Crippen LogP contribution < -0.4 is 20.9 Å². The molecule has 1 atom stereocenters. The number of rotatable bonds is 4. The molecular weight excluding hydrogens is 430 g/mol. The molecule has 5 heterocycles. The number of carbonyl (C=O) groups excluding carboxylic acids is 1. The Kier molecular flexibility index (Phi) is 4.99. The van der Waals surface area contributed by atoms with Crippen LogP contribution in [0.2, 0.25) is 0 Å². The molecule has 6 rings (SSSR count). The maximum absolute atomic E-state index is 12.8. The van der Waals surface area contributed by atoms with Crippen LogP contribution >= 0.6 is 0 Å². The number of aliphatic imine (C=N–C) groups is 1. The second kappa shape index (κ2) is 8.18. The van der Waals surface area contributed by atoms with E-state index in [-0.39, 0.29) is 18.1 Å². The van der Waals surface area contributed by atoms with Crippen LogP contribution in [0, 0.1) is 0 Å². The van der Waals surface area contributed by atoms with Gasteiger partial charge in [0, 0.05) is 38.4 Å². The predicted molar refractivity (Wildman–Crippen MR) is 131 cm³/mol. The Morgan fingerprint density at radius 1 is 1.12 bits per heavy atom. The van der Waals surface area contributed by atoms with Crippen molar-refractivity contribution in [3.05, 3.63) is 65.0 Å². The third-order valence-electron chi connectivity index (χ3n) is 6.96. The van der Waals surface area contributed by atoms with E-state index in [4.69, 9.17) is 0 Å². The number of benzene rings is 1. The van der Waals surface area contributed by atoms with Crippen molar-refractivity contribution in [2.24, 2.45) is 12.0 Å². The average Bonchev–Trinajstić information content (AvgIpc) is 3.44. The van der Waals surface area contributed by atoms with E-state index in [0.717, 1.165) is 59.8 Å². The zero-order valence-electron chi connectivity index (χ0n) is 19.0. The molecule has 3 aromatic rings. The van der Waals surface area contributed by atoms with Crippen LogP contribution in [-0.4, -0.2) is 46.1 Å². The van der Waals surface area contributed by atoms with Gasteiger partial charge in [-0.25, -0.2) is 9.98 Å². The largest absolute Gasteiger partial charge is 0.393 e. The van der Waals surface area contributed by atoms with Gasteiger partial charge in [0.25, 0.3) is 5.91 Å². The number of aliphatic hydroxyl groups is 1. The Hall–Kier alpha value is -3.85. The molecule has 3 aliphatic rings. The van der Waals surface area contributed by atoms with Crippen LogP contribution in [0.1, 0.15) is 45.9 Å². The molecule has 174 valence electrons. The third-order valence-corrected chi connectivity index (χ3v) is 6.96. The van der Waals surface area contributed by atoms with Gasteiger partial charge in [-0.1, -0.05) is 6.07 Å². The lowest BCUT2D eigenvalue weighted by Crippen LogP contribution is -2.35. The van der Waals surface area contributed by atoms with Gasteiger partial charge in [-0.05, 0) is 48.2 Å². The molecule has 0 aliphatic carbocycles. The van der Waals surface area contributed by atoms with Crippen LogP contribution in [0.5, 0.6) is 0 Å². The average molecular weight is 458 g/mol. The van der Waals surface area contributed by atoms with Gasteiger partial charge < -0.3 is 30.5 Å². The minimum Gasteiger partial charge on any atom is -0.393 e. The highest BCUT2D eigenvalue weighted by Crippen LogP contribution is 2.38. The summed E-state index contributed by atoms with van der Waals surface area (Å²) < 4.78 is 2.00. The van der Waals surface area contributed by atoms with Gasteiger partial charge in [-0.3, -0.25) is 4.79 Å². The summed E-state index contributed by atoms with van der Waals surface area (Å²) in [6, 6.07) is 10.00. The number of fused-ring (bicyclic) bond motifs is 2. The number of nitrogens with zero attached hydrogens (tertiary/aromatic N) is 4. The lowest BCUT2D eigenvalue weighted by molar-refractivity contribution is 0.0966. The fraction of sp³-hybridized carbons (Fsp3) is 0.320. The van der Waals surface area contributed by atoms with Gasteiger partial charge in [-0.2, -0.15) is 0 Å². The maximum Gasteiger partial charge on any atom is 0.254 e. The first-order valence-corrected chi connectivity index (χ1v) is 11.6. The van der Waals surface area contributed by atoms with Crippen molar-refractivity contribution in [3.8, 4) is 0 Å². The molecule has 0 spiro atoms. The molecule has 9 heteroatoms. The van der Waals surface area contributed by atoms with E-state index in [0.29, 0.717) is 17.9 Å². The number of aromatic nitrogens is 2. The van der Waals surface area contributed by atoms with Crippen LogP contribution in [0.3, 0.4) is 0 Å². The number of aryl methyl sites for hydroxylation is 1. The quantitative estimate of drug-likeness (QED) is 0.480. The van der Waals surface area contributed by atoms with Crippen molar-refractivity contribution < 1.29 is 9.90 Å². The van der Waals surface area contributed by atoms with Crippen molar-refractivity contribution in [1.82, 2.24) is 20.2 Å². The zero-order valence-corrected chi connectivity index (χ0v) is 19.0. The van der Waals surface area contributed by atoms with E-state index in [9.17, 15) is 9.90 Å². The zero-order chi connectivity index (χ0) is 23.2. The summed E-state index contributed by atoms with van der Waals surface area (Å²) in [7, 11) is 1.98. The summed E-state index contributed by atoms with van der Waals surface area (Å²) in [5.41, 5.74) is 5.59. The van der Waals surface area contributed by atoms with E-state index in [1.165, 1.54) is 0 Å². The monoisotopic (exact) mass is 457 g/mol. The lowest BCUT2D eigenvalue weighted by Gasteiger charge is -2.31. The van der Waals surface area contributed by atoms with Crippen molar-refractivity contribution >= 4 is 35.3 Å². The topological polar surface area (TPSA) is 107 Å². The Balaban J connectivity index is 1.28. The number of amides is 1. The highest BCUT2D eigenvalue weighted by molar-refractivity contribution is 6.04. The standard InChI is InChI=1S/C25H27N7O2/c1-31-9-8-18-23(28-14-29-24(18)31)17-3-4-20(22-19(17)13-27-25(22)34)30-21-5-2-15(12-26-21)32-10-6-16(33)7-11-32/h2-5,8-9,12,14,16,23,33H,6-7,10-11,13H2,1H3,(H,26,30)(H,27,34)(H,28,29). The maximum atomic E-state index is 12.8. The molecule has 0 radical (unpaired) electrons.